The number of nitrogens with one attached hydrogen (secondary N) is 2. The van der Waals surface area contributed by atoms with Crippen LogP contribution in [-0.4, -0.2) is 28.5 Å². The molecule has 204 valence electrons. The van der Waals surface area contributed by atoms with Crippen LogP contribution in [0.5, 0.6) is 11.5 Å². The number of ether oxygens (including phenoxy) is 2. The van der Waals surface area contributed by atoms with Crippen LogP contribution in [0, 0.1) is 11.2 Å². The molecule has 0 atom stereocenters. The monoisotopic (exact) mass is 529 g/mol. The number of nitrogens with two attached hydrogens (primary N) is 1. The minimum Gasteiger partial charge on any atom is -0.494 e. The number of halogens is 1. The second-order valence-electron chi connectivity index (χ2n) is 9.89. The molecule has 8 heteroatoms. The van der Waals surface area contributed by atoms with Crippen LogP contribution in [0.1, 0.15) is 57.5 Å². The molecule has 0 saturated heterocycles. The highest BCUT2D eigenvalue weighted by molar-refractivity contribution is 5.95. The Morgan fingerprint density at radius 1 is 1.08 bits per heavy atom. The number of aromatic amines is 1. The van der Waals surface area contributed by atoms with Crippen LogP contribution < -0.4 is 20.1 Å². The molecule has 1 aromatic heterocycles. The van der Waals surface area contributed by atoms with Crippen LogP contribution >= 0.6 is 0 Å². The predicted molar refractivity (Wildman–Crippen MR) is 155 cm³/mol. The Kier molecular flexibility index (Phi) is 8.54. The van der Waals surface area contributed by atoms with Crippen molar-refractivity contribution in [3.8, 4) is 22.8 Å². The summed E-state index contributed by atoms with van der Waals surface area (Å²) in [4.78, 5) is 9.90. The van der Waals surface area contributed by atoms with Gasteiger partial charge in [-0.15, -0.1) is 0 Å². The number of anilines is 2. The Hall–Kier alpha value is -4.33. The summed E-state index contributed by atoms with van der Waals surface area (Å²) in [6.45, 7) is 10.6. The second kappa shape index (κ2) is 12.0. The lowest BCUT2D eigenvalue weighted by molar-refractivity contribution is 0.229. The van der Waals surface area contributed by atoms with Gasteiger partial charge in [-0.3, -0.25) is 5.41 Å². The molecule has 0 saturated carbocycles. The van der Waals surface area contributed by atoms with E-state index in [-0.39, 0.29) is 29.9 Å². The molecule has 0 bridgehead atoms. The normalized spacial score (nSPS) is 11.2. The number of rotatable bonds is 11. The molecule has 7 nitrogen and oxygen atoms in total. The molecule has 4 aromatic rings. The van der Waals surface area contributed by atoms with Gasteiger partial charge in [0, 0.05) is 28.9 Å². The summed E-state index contributed by atoms with van der Waals surface area (Å²) in [6, 6.07) is 18.6. The third-order valence-corrected chi connectivity index (χ3v) is 6.26. The van der Waals surface area contributed by atoms with E-state index in [0.29, 0.717) is 35.3 Å². The minimum atomic E-state index is -0.500. The van der Waals surface area contributed by atoms with E-state index in [1.54, 1.807) is 24.3 Å². The van der Waals surface area contributed by atoms with Gasteiger partial charge in [0.15, 0.2) is 11.6 Å². The van der Waals surface area contributed by atoms with Crippen molar-refractivity contribution < 1.29 is 13.9 Å². The van der Waals surface area contributed by atoms with Crippen molar-refractivity contribution >= 4 is 17.2 Å². The quantitative estimate of drug-likeness (QED) is 0.142. The molecule has 3 aromatic carbocycles. The molecule has 4 rings (SSSR count). The van der Waals surface area contributed by atoms with Gasteiger partial charge < -0.3 is 25.1 Å². The van der Waals surface area contributed by atoms with Crippen LogP contribution in [0.25, 0.3) is 11.3 Å². The molecular formula is C31H36FN5O2. The molecule has 0 radical (unpaired) electrons. The van der Waals surface area contributed by atoms with Crippen molar-refractivity contribution in [1.82, 2.24) is 9.97 Å². The van der Waals surface area contributed by atoms with Crippen molar-refractivity contribution in [2.24, 2.45) is 5.73 Å². The average molecular weight is 530 g/mol. The number of nitrogens with zero attached hydrogens (tertiary/aromatic N) is 2. The van der Waals surface area contributed by atoms with E-state index < -0.39 is 5.82 Å². The van der Waals surface area contributed by atoms with Crippen molar-refractivity contribution in [1.29, 1.82) is 5.41 Å². The van der Waals surface area contributed by atoms with E-state index in [2.05, 4.69) is 35.9 Å². The van der Waals surface area contributed by atoms with E-state index in [0.717, 1.165) is 11.3 Å². The Morgan fingerprint density at radius 2 is 1.79 bits per heavy atom. The average Bonchev–Trinajstić information content (AvgIpc) is 3.37. The highest BCUT2D eigenvalue weighted by atomic mass is 19.1. The molecule has 0 amide bonds. The van der Waals surface area contributed by atoms with Crippen LogP contribution in [0.15, 0.2) is 66.9 Å². The molecule has 0 aliphatic carbocycles. The largest absolute Gasteiger partial charge is 0.494 e. The summed E-state index contributed by atoms with van der Waals surface area (Å²) < 4.78 is 27.6. The third-order valence-electron chi connectivity index (χ3n) is 6.26. The van der Waals surface area contributed by atoms with Crippen LogP contribution in [-0.2, 0) is 6.54 Å². The summed E-state index contributed by atoms with van der Waals surface area (Å²) >= 11 is 0. The molecule has 1 heterocycles. The van der Waals surface area contributed by atoms with Gasteiger partial charge in [0.25, 0.3) is 0 Å². The number of imidazole rings is 1. The van der Waals surface area contributed by atoms with Gasteiger partial charge in [0.2, 0.25) is 0 Å². The maximum absolute atomic E-state index is 16.0. The van der Waals surface area contributed by atoms with E-state index in [4.69, 9.17) is 20.6 Å². The zero-order chi connectivity index (χ0) is 28.1. The van der Waals surface area contributed by atoms with Gasteiger partial charge in [-0.25, -0.2) is 9.37 Å². The molecule has 0 fully saturated rings. The highest BCUT2D eigenvalue weighted by Crippen LogP contribution is 2.38. The standard InChI is InChI=1S/C31H36FN5O2/c1-6-38-23-15-27(30(32)28(16-23)39-20(4)5)37(22-13-11-21(12-14-22)31(33)34)18-29-35-17-26(36-29)25-10-8-7-9-24(25)19(2)3/h7-17,19-20H,6,18H2,1-5H3,(H3,33,34)(H,35,36). The van der Waals surface area contributed by atoms with Crippen LogP contribution in [0.3, 0.4) is 0 Å². The van der Waals surface area contributed by atoms with Gasteiger partial charge in [-0.1, -0.05) is 38.1 Å². The number of amidine groups is 1. The second-order valence-corrected chi connectivity index (χ2v) is 9.89. The fourth-order valence-electron chi connectivity index (χ4n) is 4.46. The van der Waals surface area contributed by atoms with Gasteiger partial charge in [-0.05, 0) is 56.5 Å². The Labute approximate surface area is 229 Å². The summed E-state index contributed by atoms with van der Waals surface area (Å²) in [7, 11) is 0. The smallest absolute Gasteiger partial charge is 0.188 e. The lowest BCUT2D eigenvalue weighted by Crippen LogP contribution is -2.20. The van der Waals surface area contributed by atoms with E-state index in [9.17, 15) is 0 Å². The van der Waals surface area contributed by atoms with E-state index in [1.165, 1.54) is 5.56 Å². The van der Waals surface area contributed by atoms with Crippen LogP contribution in [0.4, 0.5) is 15.8 Å². The molecule has 0 spiro atoms. The third kappa shape index (κ3) is 6.39. The number of hydrogen-bond acceptors (Lipinski definition) is 5. The Bertz CT molecular complexity index is 1430. The first-order valence-corrected chi connectivity index (χ1v) is 13.2. The van der Waals surface area contributed by atoms with Gasteiger partial charge in [0.05, 0.1) is 36.8 Å². The zero-order valence-electron chi connectivity index (χ0n) is 23.1. The number of H-pyrrole nitrogens is 1. The fraction of sp³-hybridized carbons (Fsp3) is 0.290. The minimum absolute atomic E-state index is 0.0373. The SMILES string of the molecule is CCOc1cc(OC(C)C)c(F)c(N(Cc2ncc(-c3ccccc3C(C)C)[nH]2)c2ccc(C(=N)N)cc2)c1. The first-order valence-electron chi connectivity index (χ1n) is 13.2. The molecule has 0 aliphatic heterocycles. The Morgan fingerprint density at radius 3 is 2.44 bits per heavy atom. The van der Waals surface area contributed by atoms with Crippen molar-refractivity contribution in [2.45, 2.75) is 53.2 Å². The number of nitrogen functional groups attached to an aromatic ring is 1. The highest BCUT2D eigenvalue weighted by Gasteiger charge is 2.22. The molecule has 0 unspecified atom stereocenters. The predicted octanol–water partition coefficient (Wildman–Crippen LogP) is 7.15. The topological polar surface area (TPSA) is 100 Å². The molecular weight excluding hydrogens is 493 g/mol. The Balaban J connectivity index is 1.80. The lowest BCUT2D eigenvalue weighted by atomic mass is 9.96. The van der Waals surface area contributed by atoms with Gasteiger partial charge >= 0.3 is 0 Å². The number of aromatic nitrogens is 2. The van der Waals surface area contributed by atoms with Crippen molar-refractivity contribution in [3.63, 3.8) is 0 Å². The molecule has 4 N–H and O–H groups in total. The maximum atomic E-state index is 16.0. The van der Waals surface area contributed by atoms with Crippen LogP contribution in [0.2, 0.25) is 0 Å². The van der Waals surface area contributed by atoms with Crippen molar-refractivity contribution in [2.75, 3.05) is 11.5 Å². The summed E-state index contributed by atoms with van der Waals surface area (Å²) in [5.74, 6) is 1.08. The summed E-state index contributed by atoms with van der Waals surface area (Å²) in [6.07, 6.45) is 1.59. The maximum Gasteiger partial charge on any atom is 0.188 e. The molecule has 0 aliphatic rings. The van der Waals surface area contributed by atoms with Gasteiger partial charge in [-0.2, -0.15) is 0 Å². The van der Waals surface area contributed by atoms with E-state index >= 15 is 4.39 Å². The van der Waals surface area contributed by atoms with Gasteiger partial charge in [0.1, 0.15) is 17.4 Å². The molecule has 39 heavy (non-hydrogen) atoms. The van der Waals surface area contributed by atoms with E-state index in [1.807, 2.05) is 56.1 Å². The zero-order valence-corrected chi connectivity index (χ0v) is 23.1. The van der Waals surface area contributed by atoms with Crippen molar-refractivity contribution in [3.05, 3.63) is 89.6 Å². The first-order chi connectivity index (χ1) is 18.7. The number of benzene rings is 3. The summed E-state index contributed by atoms with van der Waals surface area (Å²) in [5, 5.41) is 7.75. The summed E-state index contributed by atoms with van der Waals surface area (Å²) in [5.41, 5.74) is 10.4. The fourth-order valence-corrected chi connectivity index (χ4v) is 4.46. The number of hydrogen-bond donors (Lipinski definition) is 3. The lowest BCUT2D eigenvalue weighted by Gasteiger charge is -2.26. The first kappa shape index (κ1) is 27.7.